The lowest BCUT2D eigenvalue weighted by Gasteiger charge is -2.24. The quantitative estimate of drug-likeness (QED) is 0.775. The lowest BCUT2D eigenvalue weighted by atomic mass is 9.93. The maximum absolute atomic E-state index is 5.46. The van der Waals surface area contributed by atoms with E-state index in [4.69, 9.17) is 12.2 Å². The first kappa shape index (κ1) is 12.9. The molecular formula is C14H24N2S. The second-order valence-corrected chi connectivity index (χ2v) is 6.10. The van der Waals surface area contributed by atoms with Gasteiger partial charge in [0.25, 0.3) is 0 Å². The summed E-state index contributed by atoms with van der Waals surface area (Å²) in [5.41, 5.74) is 1.36. The van der Waals surface area contributed by atoms with Crippen molar-refractivity contribution >= 4 is 12.2 Å². The fraction of sp³-hybridized carbons (Fsp3) is 0.786. The highest BCUT2D eigenvalue weighted by Gasteiger charge is 2.34. The number of nitrogens with zero attached hydrogens (tertiary/aromatic N) is 1. The van der Waals surface area contributed by atoms with Crippen LogP contribution in [0.15, 0.2) is 6.20 Å². The standard InChI is InChI=1S/C14H24N2S/c1-5-11-6-7-12(10(11)4)16-13(9(2)3)8-15-14(16)17/h8-12H,5-7H2,1-4H3,(H,15,17). The number of nitrogens with one attached hydrogen (secondary N) is 1. The van der Waals surface area contributed by atoms with E-state index in [1.165, 1.54) is 25.0 Å². The van der Waals surface area contributed by atoms with Crippen molar-refractivity contribution in [1.82, 2.24) is 9.55 Å². The zero-order valence-electron chi connectivity index (χ0n) is 11.4. The van der Waals surface area contributed by atoms with Gasteiger partial charge in [0.05, 0.1) is 0 Å². The van der Waals surface area contributed by atoms with Gasteiger partial charge in [-0.25, -0.2) is 0 Å². The van der Waals surface area contributed by atoms with Gasteiger partial charge in [-0.15, -0.1) is 0 Å². The van der Waals surface area contributed by atoms with Crippen LogP contribution < -0.4 is 0 Å². The highest BCUT2D eigenvalue weighted by atomic mass is 32.1. The molecule has 17 heavy (non-hydrogen) atoms. The van der Waals surface area contributed by atoms with Crippen LogP contribution in [-0.4, -0.2) is 9.55 Å². The van der Waals surface area contributed by atoms with E-state index in [2.05, 4.69) is 43.4 Å². The Bertz CT molecular complexity index is 430. The Morgan fingerprint density at radius 3 is 2.71 bits per heavy atom. The molecule has 0 aliphatic heterocycles. The summed E-state index contributed by atoms with van der Waals surface area (Å²) in [5, 5.41) is 0. The molecule has 0 bridgehead atoms. The summed E-state index contributed by atoms with van der Waals surface area (Å²) < 4.78 is 3.29. The molecule has 0 aromatic carbocycles. The van der Waals surface area contributed by atoms with E-state index in [0.717, 1.165) is 16.6 Å². The van der Waals surface area contributed by atoms with Crippen molar-refractivity contribution in [3.63, 3.8) is 0 Å². The van der Waals surface area contributed by atoms with E-state index in [0.29, 0.717) is 12.0 Å². The Morgan fingerprint density at radius 2 is 2.18 bits per heavy atom. The first-order valence-electron chi connectivity index (χ1n) is 6.86. The smallest absolute Gasteiger partial charge is 0.177 e. The van der Waals surface area contributed by atoms with E-state index < -0.39 is 0 Å². The third-order valence-corrected chi connectivity index (χ3v) is 4.79. The zero-order chi connectivity index (χ0) is 12.6. The van der Waals surface area contributed by atoms with E-state index >= 15 is 0 Å². The highest BCUT2D eigenvalue weighted by molar-refractivity contribution is 7.71. The van der Waals surface area contributed by atoms with Gasteiger partial charge in [0, 0.05) is 17.9 Å². The van der Waals surface area contributed by atoms with Crippen molar-refractivity contribution in [1.29, 1.82) is 0 Å². The maximum atomic E-state index is 5.46. The van der Waals surface area contributed by atoms with Crippen molar-refractivity contribution in [2.45, 2.75) is 58.9 Å². The van der Waals surface area contributed by atoms with E-state index in [1.54, 1.807) is 0 Å². The summed E-state index contributed by atoms with van der Waals surface area (Å²) in [5.74, 6) is 2.16. The molecule has 2 nitrogen and oxygen atoms in total. The van der Waals surface area contributed by atoms with Gasteiger partial charge in [0.15, 0.2) is 4.77 Å². The third-order valence-electron chi connectivity index (χ3n) is 4.47. The largest absolute Gasteiger partial charge is 0.337 e. The Balaban J connectivity index is 2.35. The van der Waals surface area contributed by atoms with Crippen molar-refractivity contribution in [3.8, 4) is 0 Å². The van der Waals surface area contributed by atoms with Crippen molar-refractivity contribution in [2.75, 3.05) is 0 Å². The van der Waals surface area contributed by atoms with Crippen LogP contribution >= 0.6 is 12.2 Å². The van der Waals surface area contributed by atoms with Crippen LogP contribution in [0, 0.1) is 16.6 Å². The van der Waals surface area contributed by atoms with Crippen LogP contribution in [-0.2, 0) is 0 Å². The molecule has 1 aromatic heterocycles. The van der Waals surface area contributed by atoms with Gasteiger partial charge in [0.1, 0.15) is 0 Å². The molecule has 0 amide bonds. The number of hydrogen-bond acceptors (Lipinski definition) is 1. The number of imidazole rings is 1. The van der Waals surface area contributed by atoms with Crippen LogP contribution in [0.5, 0.6) is 0 Å². The first-order valence-corrected chi connectivity index (χ1v) is 7.26. The summed E-state index contributed by atoms with van der Waals surface area (Å²) in [4.78, 5) is 3.23. The normalized spacial score (nSPS) is 29.1. The van der Waals surface area contributed by atoms with Crippen LogP contribution in [0.25, 0.3) is 0 Å². The molecule has 3 unspecified atom stereocenters. The van der Waals surface area contributed by atoms with E-state index in [-0.39, 0.29) is 0 Å². The minimum absolute atomic E-state index is 0.538. The van der Waals surface area contributed by atoms with Crippen molar-refractivity contribution in [3.05, 3.63) is 16.7 Å². The van der Waals surface area contributed by atoms with Crippen molar-refractivity contribution < 1.29 is 0 Å². The molecule has 1 aliphatic carbocycles. The minimum Gasteiger partial charge on any atom is -0.337 e. The third kappa shape index (κ3) is 2.22. The summed E-state index contributed by atoms with van der Waals surface area (Å²) >= 11 is 5.46. The number of aromatic amines is 1. The van der Waals surface area contributed by atoms with Gasteiger partial charge in [0.2, 0.25) is 0 Å². The topological polar surface area (TPSA) is 20.7 Å². The predicted octanol–water partition coefficient (Wildman–Crippen LogP) is 4.67. The molecule has 1 N–H and O–H groups in total. The SMILES string of the molecule is CCC1CCC(n2c(C(C)C)c[nH]c2=S)C1C. The minimum atomic E-state index is 0.538. The van der Waals surface area contributed by atoms with Crippen LogP contribution in [0.4, 0.5) is 0 Å². The highest BCUT2D eigenvalue weighted by Crippen LogP contribution is 2.42. The number of rotatable bonds is 3. The molecule has 96 valence electrons. The predicted molar refractivity (Wildman–Crippen MR) is 74.9 cm³/mol. The monoisotopic (exact) mass is 252 g/mol. The van der Waals surface area contributed by atoms with Crippen molar-refractivity contribution in [2.24, 2.45) is 11.8 Å². The number of aromatic nitrogens is 2. The molecule has 0 radical (unpaired) electrons. The second kappa shape index (κ2) is 4.97. The van der Waals surface area contributed by atoms with Gasteiger partial charge in [-0.2, -0.15) is 0 Å². The van der Waals surface area contributed by atoms with E-state index in [9.17, 15) is 0 Å². The van der Waals surface area contributed by atoms with Gasteiger partial charge in [-0.05, 0) is 42.8 Å². The average molecular weight is 252 g/mol. The van der Waals surface area contributed by atoms with Gasteiger partial charge in [-0.1, -0.05) is 34.1 Å². The molecule has 2 rings (SSSR count). The summed E-state index contributed by atoms with van der Waals surface area (Å²) in [6, 6.07) is 0.607. The molecule has 3 heteroatoms. The molecule has 1 aliphatic rings. The summed E-state index contributed by atoms with van der Waals surface area (Å²) in [7, 11) is 0. The summed E-state index contributed by atoms with van der Waals surface area (Å²) in [6.07, 6.45) is 6.03. The fourth-order valence-corrected chi connectivity index (χ4v) is 3.64. The first-order chi connectivity index (χ1) is 8.06. The van der Waals surface area contributed by atoms with Gasteiger partial charge in [-0.3, -0.25) is 0 Å². The van der Waals surface area contributed by atoms with Crippen LogP contribution in [0.3, 0.4) is 0 Å². The number of H-pyrrole nitrogens is 1. The Kier molecular flexibility index (Phi) is 3.76. The van der Waals surface area contributed by atoms with Gasteiger partial charge < -0.3 is 9.55 Å². The fourth-order valence-electron chi connectivity index (χ4n) is 3.34. The second-order valence-electron chi connectivity index (χ2n) is 5.72. The van der Waals surface area contributed by atoms with Crippen LogP contribution in [0.2, 0.25) is 0 Å². The number of hydrogen-bond donors (Lipinski definition) is 1. The maximum Gasteiger partial charge on any atom is 0.177 e. The molecule has 3 atom stereocenters. The lowest BCUT2D eigenvalue weighted by molar-refractivity contribution is 0.321. The van der Waals surface area contributed by atoms with E-state index in [1.807, 2.05) is 0 Å². The average Bonchev–Trinajstić information content (AvgIpc) is 2.82. The summed E-state index contributed by atoms with van der Waals surface area (Å²) in [6.45, 7) is 9.19. The van der Waals surface area contributed by atoms with Crippen LogP contribution in [0.1, 0.15) is 64.6 Å². The molecule has 1 fully saturated rings. The Hall–Kier alpha value is -0.570. The zero-order valence-corrected chi connectivity index (χ0v) is 12.2. The lowest BCUT2D eigenvalue weighted by Crippen LogP contribution is -2.18. The molecule has 1 heterocycles. The Labute approximate surface area is 109 Å². The molecular weight excluding hydrogens is 228 g/mol. The molecule has 1 saturated carbocycles. The molecule has 0 spiro atoms. The molecule has 1 aromatic rings. The van der Waals surface area contributed by atoms with Gasteiger partial charge >= 0.3 is 0 Å². The molecule has 0 saturated heterocycles. The Morgan fingerprint density at radius 1 is 1.47 bits per heavy atom.